The maximum absolute atomic E-state index is 11.3. The summed E-state index contributed by atoms with van der Waals surface area (Å²) in [6.07, 6.45) is 5.84. The Morgan fingerprint density at radius 2 is 1.96 bits per heavy atom. The highest BCUT2D eigenvalue weighted by Crippen LogP contribution is 2.64. The Bertz CT molecular complexity index is 803. The van der Waals surface area contributed by atoms with Gasteiger partial charge in [-0.15, -0.1) is 18.3 Å². The lowest BCUT2D eigenvalue weighted by Crippen LogP contribution is -2.64. The van der Waals surface area contributed by atoms with Gasteiger partial charge in [0.05, 0.1) is 38.9 Å². The van der Waals surface area contributed by atoms with E-state index >= 15 is 0 Å². The minimum Gasteiger partial charge on any atom is -0.395 e. The van der Waals surface area contributed by atoms with E-state index in [-0.39, 0.29) is 24.0 Å². The molecular weight excluding hydrogens is 364 g/mol. The van der Waals surface area contributed by atoms with Gasteiger partial charge in [0.2, 0.25) is 0 Å². The molecule has 0 spiro atoms. The van der Waals surface area contributed by atoms with Gasteiger partial charge in [0, 0.05) is 12.3 Å². The van der Waals surface area contributed by atoms with Crippen molar-refractivity contribution in [2.75, 3.05) is 13.2 Å². The molecule has 0 bridgehead atoms. The summed E-state index contributed by atoms with van der Waals surface area (Å²) in [6.45, 7) is 9.21. The number of terminal acetylenes is 1. The summed E-state index contributed by atoms with van der Waals surface area (Å²) in [5.74, 6) is 8.82. The van der Waals surface area contributed by atoms with Crippen LogP contribution in [0.15, 0.2) is 30.3 Å². The maximum atomic E-state index is 11.3. The predicted octanol–water partition coefficient (Wildman–Crippen LogP) is 2.78. The Labute approximate surface area is 170 Å². The van der Waals surface area contributed by atoms with Crippen LogP contribution in [-0.4, -0.2) is 43.7 Å². The van der Waals surface area contributed by atoms with E-state index in [1.54, 1.807) is 6.92 Å². The largest absolute Gasteiger partial charge is 0.395 e. The van der Waals surface area contributed by atoms with Crippen molar-refractivity contribution in [3.63, 3.8) is 0 Å². The molecule has 1 heterocycles. The third-order valence-corrected chi connectivity index (χ3v) is 11.9. The van der Waals surface area contributed by atoms with Gasteiger partial charge in [-0.25, -0.2) is 0 Å². The van der Waals surface area contributed by atoms with Crippen LogP contribution >= 0.6 is 0 Å². The van der Waals surface area contributed by atoms with E-state index in [1.165, 1.54) is 5.19 Å². The molecule has 3 rings (SSSR count). The van der Waals surface area contributed by atoms with Crippen LogP contribution in [0, 0.1) is 40.9 Å². The number of rotatable bonds is 4. The molecule has 4 heteroatoms. The molecule has 28 heavy (non-hydrogen) atoms. The molecule has 1 aromatic carbocycles. The molecule has 2 fully saturated rings. The molecule has 0 radical (unpaired) electrons. The van der Waals surface area contributed by atoms with Gasteiger partial charge in [-0.05, 0) is 24.3 Å². The predicted molar refractivity (Wildman–Crippen MR) is 116 cm³/mol. The highest BCUT2D eigenvalue weighted by molar-refractivity contribution is 6.91. The molecule has 3 nitrogen and oxygen atoms in total. The van der Waals surface area contributed by atoms with Gasteiger partial charge in [-0.1, -0.05) is 61.5 Å². The first kappa shape index (κ1) is 21.2. The minimum atomic E-state index is -1.95. The van der Waals surface area contributed by atoms with Gasteiger partial charge < -0.3 is 14.9 Å². The lowest BCUT2D eigenvalue weighted by molar-refractivity contribution is -0.0968. The second-order valence-corrected chi connectivity index (χ2v) is 13.9. The van der Waals surface area contributed by atoms with Crippen LogP contribution < -0.4 is 5.19 Å². The van der Waals surface area contributed by atoms with Crippen LogP contribution in [0.4, 0.5) is 0 Å². The molecule has 1 aromatic rings. The Kier molecular flexibility index (Phi) is 5.81. The Morgan fingerprint density at radius 3 is 2.54 bits per heavy atom. The molecule has 2 aliphatic rings. The number of fused-ring (bicyclic) bond motifs is 1. The number of aliphatic hydroxyl groups is 2. The van der Waals surface area contributed by atoms with Gasteiger partial charge in [-0.2, -0.15) is 0 Å². The second kappa shape index (κ2) is 7.69. The monoisotopic (exact) mass is 396 g/mol. The molecule has 2 N–H and O–H groups in total. The molecule has 1 aliphatic heterocycles. The topological polar surface area (TPSA) is 49.7 Å². The van der Waals surface area contributed by atoms with Crippen molar-refractivity contribution in [1.29, 1.82) is 0 Å². The zero-order valence-electron chi connectivity index (χ0n) is 17.4. The lowest BCUT2D eigenvalue weighted by atomic mass is 9.53. The van der Waals surface area contributed by atoms with Crippen LogP contribution in [0.25, 0.3) is 0 Å². The van der Waals surface area contributed by atoms with E-state index in [9.17, 15) is 10.2 Å². The van der Waals surface area contributed by atoms with Gasteiger partial charge in [-0.3, -0.25) is 0 Å². The van der Waals surface area contributed by atoms with Crippen molar-refractivity contribution in [3.8, 4) is 24.2 Å². The van der Waals surface area contributed by atoms with Crippen molar-refractivity contribution < 1.29 is 14.9 Å². The fraction of sp³-hybridized carbons (Fsp3) is 0.583. The molecule has 0 amide bonds. The summed E-state index contributed by atoms with van der Waals surface area (Å²) >= 11 is 0. The molecule has 1 saturated carbocycles. The molecule has 1 saturated heterocycles. The molecular formula is C24H32O3Si. The van der Waals surface area contributed by atoms with Crippen molar-refractivity contribution in [3.05, 3.63) is 30.3 Å². The SMILES string of the molecule is C#CC[C@@H]1OC[C@]2(C)[C@H]([Si](C)(C)c3ccccc3)C[C@@H](O)[C@@](C#CC)(CO)[C@@H]12. The third-order valence-electron chi connectivity index (χ3n) is 7.42. The van der Waals surface area contributed by atoms with Crippen LogP contribution in [0.2, 0.25) is 18.6 Å². The summed E-state index contributed by atoms with van der Waals surface area (Å²) in [5.41, 5.74) is -0.790. The van der Waals surface area contributed by atoms with E-state index in [2.05, 4.69) is 62.0 Å². The first-order valence-corrected chi connectivity index (χ1v) is 13.2. The Balaban J connectivity index is 2.15. The molecule has 150 valence electrons. The number of aliphatic hydroxyl groups excluding tert-OH is 2. The first-order chi connectivity index (χ1) is 13.3. The van der Waals surface area contributed by atoms with E-state index in [0.717, 1.165) is 0 Å². The standard InChI is InChI=1S/C24H32O3Si/c1-6-11-19-22-23(3,17-27-19)21(15-20(26)24(22,16-25)14-7-2)28(4,5)18-12-9-8-10-13-18/h1,8-10,12-13,19-22,25-26H,11,15-17H2,2-5H3/t19-,20+,21+,22-,23+,24+/m0/s1. The zero-order chi connectivity index (χ0) is 20.6. The Hall–Kier alpha value is -1.56. The van der Waals surface area contributed by atoms with E-state index in [1.807, 2.05) is 6.07 Å². The number of benzene rings is 1. The van der Waals surface area contributed by atoms with Gasteiger partial charge in [0.25, 0.3) is 0 Å². The highest BCUT2D eigenvalue weighted by atomic mass is 28.3. The van der Waals surface area contributed by atoms with Crippen molar-refractivity contribution in [2.24, 2.45) is 16.7 Å². The quantitative estimate of drug-likeness (QED) is 0.608. The average Bonchev–Trinajstić information content (AvgIpc) is 3.03. The Morgan fingerprint density at radius 1 is 1.29 bits per heavy atom. The molecule has 6 atom stereocenters. The summed E-state index contributed by atoms with van der Waals surface area (Å²) < 4.78 is 6.25. The first-order valence-electron chi connectivity index (χ1n) is 10.1. The summed E-state index contributed by atoms with van der Waals surface area (Å²) in [5, 5.41) is 23.1. The zero-order valence-corrected chi connectivity index (χ0v) is 18.4. The average molecular weight is 397 g/mol. The number of ether oxygens (including phenoxy) is 1. The molecule has 1 aliphatic carbocycles. The molecule has 0 aromatic heterocycles. The second-order valence-electron chi connectivity index (χ2n) is 9.21. The maximum Gasteiger partial charge on any atom is 0.0861 e. The summed E-state index contributed by atoms with van der Waals surface area (Å²) in [6, 6.07) is 10.7. The van der Waals surface area contributed by atoms with Gasteiger partial charge in [0.1, 0.15) is 0 Å². The fourth-order valence-electron chi connectivity index (χ4n) is 6.16. The van der Waals surface area contributed by atoms with Crippen molar-refractivity contribution in [1.82, 2.24) is 0 Å². The fourth-order valence-corrected chi connectivity index (χ4v) is 10.3. The van der Waals surface area contributed by atoms with E-state index in [0.29, 0.717) is 25.0 Å². The van der Waals surface area contributed by atoms with E-state index in [4.69, 9.17) is 11.2 Å². The van der Waals surface area contributed by atoms with Crippen molar-refractivity contribution in [2.45, 2.75) is 57.5 Å². The van der Waals surface area contributed by atoms with Crippen molar-refractivity contribution >= 4 is 13.3 Å². The number of hydrogen-bond donors (Lipinski definition) is 2. The third kappa shape index (κ3) is 3.04. The summed E-state index contributed by atoms with van der Waals surface area (Å²) in [4.78, 5) is 0. The molecule has 0 unspecified atom stereocenters. The highest BCUT2D eigenvalue weighted by Gasteiger charge is 2.67. The van der Waals surface area contributed by atoms with Crippen LogP contribution in [-0.2, 0) is 4.74 Å². The minimum absolute atomic E-state index is 0.0993. The lowest BCUT2D eigenvalue weighted by Gasteiger charge is -2.57. The van der Waals surface area contributed by atoms with Crippen LogP contribution in [0.5, 0.6) is 0 Å². The van der Waals surface area contributed by atoms with Crippen LogP contribution in [0.1, 0.15) is 26.7 Å². The number of hydrogen-bond acceptors (Lipinski definition) is 3. The van der Waals surface area contributed by atoms with E-state index < -0.39 is 19.6 Å². The summed E-state index contributed by atoms with van der Waals surface area (Å²) in [7, 11) is -1.95. The normalized spacial score (nSPS) is 37.5. The van der Waals surface area contributed by atoms with Gasteiger partial charge in [0.15, 0.2) is 0 Å². The van der Waals surface area contributed by atoms with Gasteiger partial charge >= 0.3 is 0 Å². The van der Waals surface area contributed by atoms with Crippen LogP contribution in [0.3, 0.4) is 0 Å². The smallest absolute Gasteiger partial charge is 0.0861 e.